The van der Waals surface area contributed by atoms with E-state index in [1.165, 1.54) is 5.56 Å². The fourth-order valence-electron chi connectivity index (χ4n) is 2.53. The average Bonchev–Trinajstić information content (AvgIpc) is 3.00. The zero-order chi connectivity index (χ0) is 14.4. The van der Waals surface area contributed by atoms with Crippen molar-refractivity contribution in [2.24, 2.45) is 5.73 Å². The first-order chi connectivity index (χ1) is 9.72. The van der Waals surface area contributed by atoms with Crippen LogP contribution in [0.1, 0.15) is 30.7 Å². The van der Waals surface area contributed by atoms with Crippen molar-refractivity contribution in [1.29, 1.82) is 0 Å². The van der Waals surface area contributed by atoms with Crippen LogP contribution >= 0.6 is 0 Å². The molecule has 0 saturated carbocycles. The van der Waals surface area contributed by atoms with Gasteiger partial charge in [0, 0.05) is 12.6 Å². The maximum absolute atomic E-state index is 6.28. The molecule has 20 heavy (non-hydrogen) atoms. The van der Waals surface area contributed by atoms with Crippen LogP contribution in [0.4, 0.5) is 0 Å². The second kappa shape index (κ2) is 7.27. The normalized spacial score (nSPS) is 14.4. The summed E-state index contributed by atoms with van der Waals surface area (Å²) in [5.74, 6) is 0.954. The lowest BCUT2D eigenvalue weighted by Gasteiger charge is -2.30. The van der Waals surface area contributed by atoms with Crippen molar-refractivity contribution >= 4 is 0 Å². The average molecular weight is 272 g/mol. The molecule has 2 N–H and O–H groups in total. The van der Waals surface area contributed by atoms with Gasteiger partial charge in [0.1, 0.15) is 5.76 Å². The number of rotatable bonds is 7. The molecule has 0 radical (unpaired) electrons. The molecule has 2 aromatic rings. The van der Waals surface area contributed by atoms with Crippen LogP contribution in [0.25, 0.3) is 0 Å². The Morgan fingerprint density at radius 2 is 1.90 bits per heavy atom. The Labute approximate surface area is 121 Å². The molecule has 0 bridgehead atoms. The number of likely N-dealkylation sites (N-methyl/N-ethyl adjacent to an activating group) is 1. The van der Waals surface area contributed by atoms with Gasteiger partial charge in [0.15, 0.2) is 0 Å². The number of nitrogens with two attached hydrogens (primary N) is 1. The monoisotopic (exact) mass is 272 g/mol. The topological polar surface area (TPSA) is 42.4 Å². The van der Waals surface area contributed by atoms with E-state index < -0.39 is 0 Å². The van der Waals surface area contributed by atoms with Crippen LogP contribution in [-0.2, 0) is 6.42 Å². The van der Waals surface area contributed by atoms with Crippen molar-refractivity contribution in [3.05, 3.63) is 60.1 Å². The summed E-state index contributed by atoms with van der Waals surface area (Å²) in [6.45, 7) is 3.08. The number of hydrogen-bond acceptors (Lipinski definition) is 3. The molecule has 3 heteroatoms. The standard InChI is InChI=1S/C17H24N2O/c1-3-15(18)17(16-10-7-13-20-16)19(2)12-11-14-8-5-4-6-9-14/h4-10,13,15,17H,3,11-12,18H2,1-2H3. The summed E-state index contributed by atoms with van der Waals surface area (Å²) in [6.07, 6.45) is 3.67. The highest BCUT2D eigenvalue weighted by Gasteiger charge is 2.25. The molecule has 3 nitrogen and oxygen atoms in total. The summed E-state index contributed by atoms with van der Waals surface area (Å²) in [6, 6.07) is 14.7. The molecular weight excluding hydrogens is 248 g/mol. The van der Waals surface area contributed by atoms with Crippen molar-refractivity contribution in [3.63, 3.8) is 0 Å². The summed E-state index contributed by atoms with van der Waals surface area (Å²) in [5, 5.41) is 0. The van der Waals surface area contributed by atoms with Gasteiger partial charge in [-0.25, -0.2) is 0 Å². The molecule has 0 spiro atoms. The number of furan rings is 1. The van der Waals surface area contributed by atoms with E-state index in [1.54, 1.807) is 6.26 Å². The number of nitrogens with zero attached hydrogens (tertiary/aromatic N) is 1. The van der Waals surface area contributed by atoms with E-state index in [9.17, 15) is 0 Å². The van der Waals surface area contributed by atoms with Crippen LogP contribution in [0.2, 0.25) is 0 Å². The molecule has 1 heterocycles. The fraction of sp³-hybridized carbons (Fsp3) is 0.412. The summed E-state index contributed by atoms with van der Waals surface area (Å²) >= 11 is 0. The largest absolute Gasteiger partial charge is 0.468 e. The lowest BCUT2D eigenvalue weighted by molar-refractivity contribution is 0.185. The maximum Gasteiger partial charge on any atom is 0.122 e. The minimum absolute atomic E-state index is 0.0851. The van der Waals surface area contributed by atoms with Crippen LogP contribution in [-0.4, -0.2) is 24.5 Å². The minimum Gasteiger partial charge on any atom is -0.468 e. The quantitative estimate of drug-likeness (QED) is 0.841. The lowest BCUT2D eigenvalue weighted by Crippen LogP contribution is -2.39. The Morgan fingerprint density at radius 1 is 1.15 bits per heavy atom. The van der Waals surface area contributed by atoms with Crippen LogP contribution in [0, 0.1) is 0 Å². The molecule has 0 saturated heterocycles. The Morgan fingerprint density at radius 3 is 2.50 bits per heavy atom. The summed E-state index contributed by atoms with van der Waals surface area (Å²) in [7, 11) is 2.12. The molecular formula is C17H24N2O. The van der Waals surface area contributed by atoms with Gasteiger partial charge in [-0.3, -0.25) is 4.90 Å². The van der Waals surface area contributed by atoms with E-state index in [0.29, 0.717) is 0 Å². The Hall–Kier alpha value is -1.58. The van der Waals surface area contributed by atoms with E-state index in [4.69, 9.17) is 10.2 Å². The molecule has 2 unspecified atom stereocenters. The van der Waals surface area contributed by atoms with Crippen molar-refractivity contribution in [2.75, 3.05) is 13.6 Å². The van der Waals surface area contributed by atoms with Gasteiger partial charge in [-0.1, -0.05) is 37.3 Å². The molecule has 0 aliphatic heterocycles. The van der Waals surface area contributed by atoms with Gasteiger partial charge in [-0.2, -0.15) is 0 Å². The van der Waals surface area contributed by atoms with Crippen LogP contribution in [0.3, 0.4) is 0 Å². The second-order valence-electron chi connectivity index (χ2n) is 5.25. The van der Waals surface area contributed by atoms with Gasteiger partial charge in [-0.05, 0) is 37.6 Å². The SMILES string of the molecule is CCC(N)C(c1ccco1)N(C)CCc1ccccc1. The van der Waals surface area contributed by atoms with Crippen molar-refractivity contribution in [1.82, 2.24) is 4.90 Å². The van der Waals surface area contributed by atoms with Gasteiger partial charge in [0.2, 0.25) is 0 Å². The predicted octanol–water partition coefficient (Wildman–Crippen LogP) is 3.23. The van der Waals surface area contributed by atoms with Gasteiger partial charge in [0.05, 0.1) is 12.3 Å². The summed E-state index contributed by atoms with van der Waals surface area (Å²) < 4.78 is 5.57. The molecule has 0 fully saturated rings. The molecule has 0 aliphatic carbocycles. The summed E-state index contributed by atoms with van der Waals surface area (Å²) in [4.78, 5) is 2.29. The Kier molecular flexibility index (Phi) is 5.39. The second-order valence-corrected chi connectivity index (χ2v) is 5.25. The van der Waals surface area contributed by atoms with Crippen molar-refractivity contribution < 1.29 is 4.42 Å². The van der Waals surface area contributed by atoms with Gasteiger partial charge in [-0.15, -0.1) is 0 Å². The molecule has 2 atom stereocenters. The zero-order valence-corrected chi connectivity index (χ0v) is 12.3. The van der Waals surface area contributed by atoms with Crippen LogP contribution < -0.4 is 5.73 Å². The van der Waals surface area contributed by atoms with E-state index in [0.717, 1.165) is 25.1 Å². The van der Waals surface area contributed by atoms with E-state index >= 15 is 0 Å². The van der Waals surface area contributed by atoms with Crippen molar-refractivity contribution in [3.8, 4) is 0 Å². The minimum atomic E-state index is 0.0851. The van der Waals surface area contributed by atoms with Gasteiger partial charge < -0.3 is 10.2 Å². The summed E-state index contributed by atoms with van der Waals surface area (Å²) in [5.41, 5.74) is 7.63. The zero-order valence-electron chi connectivity index (χ0n) is 12.3. The van der Waals surface area contributed by atoms with Gasteiger partial charge in [0.25, 0.3) is 0 Å². The Balaban J connectivity index is 2.02. The molecule has 0 amide bonds. The first-order valence-electron chi connectivity index (χ1n) is 7.25. The van der Waals surface area contributed by atoms with E-state index in [1.807, 2.05) is 18.2 Å². The third-order valence-corrected chi connectivity index (χ3v) is 3.78. The number of benzene rings is 1. The smallest absolute Gasteiger partial charge is 0.122 e. The van der Waals surface area contributed by atoms with Crippen molar-refractivity contribution in [2.45, 2.75) is 31.8 Å². The molecule has 1 aromatic carbocycles. The first-order valence-corrected chi connectivity index (χ1v) is 7.25. The molecule has 108 valence electrons. The highest BCUT2D eigenvalue weighted by molar-refractivity contribution is 5.15. The van der Waals surface area contributed by atoms with Crippen LogP contribution in [0.5, 0.6) is 0 Å². The lowest BCUT2D eigenvalue weighted by atomic mass is 10.0. The first kappa shape index (κ1) is 14.8. The third kappa shape index (κ3) is 3.71. The highest BCUT2D eigenvalue weighted by Crippen LogP contribution is 2.24. The number of hydrogen-bond donors (Lipinski definition) is 1. The fourth-order valence-corrected chi connectivity index (χ4v) is 2.53. The predicted molar refractivity (Wildman–Crippen MR) is 82.5 cm³/mol. The van der Waals surface area contributed by atoms with Crippen LogP contribution in [0.15, 0.2) is 53.1 Å². The van der Waals surface area contributed by atoms with E-state index in [-0.39, 0.29) is 12.1 Å². The third-order valence-electron chi connectivity index (χ3n) is 3.78. The van der Waals surface area contributed by atoms with E-state index in [2.05, 4.69) is 43.1 Å². The Bertz CT molecular complexity index is 481. The van der Waals surface area contributed by atoms with Gasteiger partial charge >= 0.3 is 0 Å². The molecule has 1 aromatic heterocycles. The molecule has 0 aliphatic rings. The maximum atomic E-state index is 6.28. The highest BCUT2D eigenvalue weighted by atomic mass is 16.3. The molecule has 2 rings (SSSR count).